The molecular weight excluding hydrogens is 432 g/mol. The van der Waals surface area contributed by atoms with E-state index < -0.39 is 0 Å². The molecule has 1 heterocycles. The highest BCUT2D eigenvalue weighted by molar-refractivity contribution is 6.09. The Morgan fingerprint density at radius 2 is 1.57 bits per heavy atom. The largest absolute Gasteiger partial charge is 0.396 e. The van der Waals surface area contributed by atoms with Crippen molar-refractivity contribution in [3.05, 3.63) is 102 Å². The van der Waals surface area contributed by atoms with Gasteiger partial charge in [-0.3, -0.25) is 4.79 Å². The Bertz CT molecular complexity index is 1280. The molecule has 1 unspecified atom stereocenters. The average Bonchev–Trinajstić information content (AvgIpc) is 3.75. The van der Waals surface area contributed by atoms with Gasteiger partial charge in [0, 0.05) is 17.6 Å². The minimum atomic E-state index is -0.0290. The number of benzene rings is 3. The van der Waals surface area contributed by atoms with E-state index in [4.69, 9.17) is 4.98 Å². The molecule has 0 aliphatic heterocycles. The molecule has 0 saturated heterocycles. The Labute approximate surface area is 207 Å². The summed E-state index contributed by atoms with van der Waals surface area (Å²) in [5.74, 6) is 0.453. The first-order chi connectivity index (χ1) is 17.3. The summed E-state index contributed by atoms with van der Waals surface area (Å²) in [5, 5.41) is 13.6. The number of hydrogen-bond acceptors (Lipinski definition) is 3. The van der Waals surface area contributed by atoms with Gasteiger partial charge in [0.1, 0.15) is 0 Å². The maximum absolute atomic E-state index is 14.1. The number of aliphatic hydroxyl groups is 1. The van der Waals surface area contributed by atoms with Crippen molar-refractivity contribution in [2.45, 2.75) is 44.6 Å². The van der Waals surface area contributed by atoms with Crippen LogP contribution < -0.4 is 5.32 Å². The first kappa shape index (κ1) is 23.3. The maximum atomic E-state index is 14.1. The fourth-order valence-electron chi connectivity index (χ4n) is 4.96. The van der Waals surface area contributed by atoms with Crippen LogP contribution in [0.25, 0.3) is 22.2 Å². The van der Waals surface area contributed by atoms with E-state index in [2.05, 4.69) is 29.6 Å². The lowest BCUT2D eigenvalue weighted by Crippen LogP contribution is -2.31. The maximum Gasteiger partial charge on any atom is 0.252 e. The van der Waals surface area contributed by atoms with Crippen molar-refractivity contribution in [2.75, 3.05) is 6.61 Å². The molecule has 4 aromatic rings. The van der Waals surface area contributed by atoms with Gasteiger partial charge in [0.05, 0.1) is 22.8 Å². The monoisotopic (exact) mass is 464 g/mol. The molecule has 2 N–H and O–H groups in total. The first-order valence-corrected chi connectivity index (χ1v) is 12.7. The molecule has 5 rings (SSSR count). The summed E-state index contributed by atoms with van der Waals surface area (Å²) in [5.41, 5.74) is 5.62. The molecule has 0 radical (unpaired) electrons. The number of nitrogens with zero attached hydrogens (tertiary/aromatic N) is 1. The summed E-state index contributed by atoms with van der Waals surface area (Å²) < 4.78 is 0. The van der Waals surface area contributed by atoms with Crippen molar-refractivity contribution in [3.8, 4) is 11.3 Å². The van der Waals surface area contributed by atoms with Gasteiger partial charge in [-0.25, -0.2) is 4.98 Å². The third kappa shape index (κ3) is 5.28. The zero-order chi connectivity index (χ0) is 24.0. The summed E-state index contributed by atoms with van der Waals surface area (Å²) in [6.07, 6.45) is 5.59. The van der Waals surface area contributed by atoms with E-state index in [9.17, 15) is 9.90 Å². The molecule has 4 nitrogen and oxygen atoms in total. The number of aromatic nitrogens is 1. The number of amides is 1. The lowest BCUT2D eigenvalue weighted by atomic mass is 9.92. The predicted octanol–water partition coefficient (Wildman–Crippen LogP) is 6.49. The number of unbranched alkanes of at least 4 members (excludes halogenated alkanes) is 2. The molecular formula is C31H32N2O2. The number of rotatable bonds is 10. The highest BCUT2D eigenvalue weighted by Gasteiger charge is 2.34. The molecule has 35 heavy (non-hydrogen) atoms. The van der Waals surface area contributed by atoms with Gasteiger partial charge >= 0.3 is 0 Å². The van der Waals surface area contributed by atoms with E-state index in [1.807, 2.05) is 60.7 Å². The van der Waals surface area contributed by atoms with Crippen LogP contribution >= 0.6 is 0 Å². The fourth-order valence-corrected chi connectivity index (χ4v) is 4.96. The Morgan fingerprint density at radius 3 is 2.29 bits per heavy atom. The van der Waals surface area contributed by atoms with Gasteiger partial charge in [0.2, 0.25) is 0 Å². The summed E-state index contributed by atoms with van der Waals surface area (Å²) in [4.78, 5) is 19.1. The van der Waals surface area contributed by atoms with Crippen molar-refractivity contribution < 1.29 is 9.90 Å². The van der Waals surface area contributed by atoms with Crippen molar-refractivity contribution >= 4 is 16.8 Å². The van der Waals surface area contributed by atoms with Crippen molar-refractivity contribution in [2.24, 2.45) is 5.92 Å². The number of pyridine rings is 1. The van der Waals surface area contributed by atoms with E-state index in [-0.39, 0.29) is 18.6 Å². The van der Waals surface area contributed by atoms with Gasteiger partial charge in [-0.05, 0) is 55.2 Å². The molecule has 178 valence electrons. The standard InChI is InChI=1S/C31H32N2O2/c34-21-11-3-8-17-26-28(31(35)33-29(24-19-20-24)22-12-4-1-5-13-22)25-16-9-10-18-27(25)32-30(26)23-14-6-2-7-15-23/h1-2,4-7,9-10,12-16,18,24,29,34H,3,8,11,17,19-21H2,(H,33,35). The van der Waals surface area contributed by atoms with Crippen LogP contribution in [0.1, 0.15) is 59.6 Å². The second kappa shape index (κ2) is 10.8. The van der Waals surface area contributed by atoms with E-state index in [1.54, 1.807) is 0 Å². The molecule has 1 atom stereocenters. The van der Waals surface area contributed by atoms with Crippen molar-refractivity contribution in [1.29, 1.82) is 0 Å². The van der Waals surface area contributed by atoms with Crippen LogP contribution in [0.3, 0.4) is 0 Å². The number of para-hydroxylation sites is 1. The molecule has 1 aliphatic carbocycles. The topological polar surface area (TPSA) is 62.2 Å². The molecule has 1 aliphatic rings. The van der Waals surface area contributed by atoms with Crippen LogP contribution in [0.15, 0.2) is 84.9 Å². The second-order valence-electron chi connectivity index (χ2n) is 9.43. The van der Waals surface area contributed by atoms with Crippen LogP contribution in [0.2, 0.25) is 0 Å². The highest BCUT2D eigenvalue weighted by atomic mass is 16.2. The predicted molar refractivity (Wildman–Crippen MR) is 141 cm³/mol. The summed E-state index contributed by atoms with van der Waals surface area (Å²) in [6.45, 7) is 0.189. The van der Waals surface area contributed by atoms with Gasteiger partial charge in [-0.1, -0.05) is 85.3 Å². The van der Waals surface area contributed by atoms with E-state index in [0.717, 1.165) is 77.4 Å². The van der Waals surface area contributed by atoms with Crippen LogP contribution in [0.5, 0.6) is 0 Å². The Balaban J connectivity index is 1.61. The van der Waals surface area contributed by atoms with Crippen molar-refractivity contribution in [3.63, 3.8) is 0 Å². The first-order valence-electron chi connectivity index (χ1n) is 12.7. The third-order valence-corrected chi connectivity index (χ3v) is 6.89. The zero-order valence-electron chi connectivity index (χ0n) is 20.0. The smallest absolute Gasteiger partial charge is 0.252 e. The third-order valence-electron chi connectivity index (χ3n) is 6.89. The zero-order valence-corrected chi connectivity index (χ0v) is 20.0. The van der Waals surface area contributed by atoms with Gasteiger partial charge in [0.25, 0.3) is 5.91 Å². The molecule has 0 spiro atoms. The van der Waals surface area contributed by atoms with E-state index in [0.29, 0.717) is 5.92 Å². The second-order valence-corrected chi connectivity index (χ2v) is 9.43. The molecule has 1 amide bonds. The lowest BCUT2D eigenvalue weighted by molar-refractivity contribution is 0.0932. The number of carbonyl (C=O) groups excluding carboxylic acids is 1. The summed E-state index contributed by atoms with van der Waals surface area (Å²) in [6, 6.07) is 28.4. The van der Waals surface area contributed by atoms with Crippen LogP contribution in [0, 0.1) is 5.92 Å². The van der Waals surface area contributed by atoms with E-state index in [1.165, 1.54) is 0 Å². The van der Waals surface area contributed by atoms with Crippen LogP contribution in [0.4, 0.5) is 0 Å². The minimum Gasteiger partial charge on any atom is -0.396 e. The molecule has 1 fully saturated rings. The highest BCUT2D eigenvalue weighted by Crippen LogP contribution is 2.41. The number of fused-ring (bicyclic) bond motifs is 1. The summed E-state index contributed by atoms with van der Waals surface area (Å²) in [7, 11) is 0. The lowest BCUT2D eigenvalue weighted by Gasteiger charge is -2.22. The molecule has 3 aromatic carbocycles. The molecule has 1 aromatic heterocycles. The van der Waals surface area contributed by atoms with Gasteiger partial charge in [-0.15, -0.1) is 0 Å². The number of carbonyl (C=O) groups is 1. The Kier molecular flexibility index (Phi) is 7.20. The number of nitrogens with one attached hydrogen (secondary N) is 1. The van der Waals surface area contributed by atoms with Crippen LogP contribution in [-0.4, -0.2) is 22.6 Å². The number of hydrogen-bond donors (Lipinski definition) is 2. The SMILES string of the molecule is O=C(NC(c1ccccc1)C1CC1)c1c(CCCCCO)c(-c2ccccc2)nc2ccccc12. The van der Waals surface area contributed by atoms with Crippen molar-refractivity contribution in [1.82, 2.24) is 10.3 Å². The van der Waals surface area contributed by atoms with Crippen LogP contribution in [-0.2, 0) is 6.42 Å². The molecule has 1 saturated carbocycles. The number of aliphatic hydroxyl groups excluding tert-OH is 1. The molecule has 0 bridgehead atoms. The van der Waals surface area contributed by atoms with E-state index >= 15 is 0 Å². The molecule has 4 heteroatoms. The minimum absolute atomic E-state index is 0.0121. The van der Waals surface area contributed by atoms with Gasteiger partial charge in [0.15, 0.2) is 0 Å². The Morgan fingerprint density at radius 1 is 0.886 bits per heavy atom. The van der Waals surface area contributed by atoms with Gasteiger partial charge in [-0.2, -0.15) is 0 Å². The Hall–Kier alpha value is -3.50. The van der Waals surface area contributed by atoms with Gasteiger partial charge < -0.3 is 10.4 Å². The quantitative estimate of drug-likeness (QED) is 0.264. The summed E-state index contributed by atoms with van der Waals surface area (Å²) >= 11 is 0. The fraction of sp³-hybridized carbons (Fsp3) is 0.290. The normalized spacial score (nSPS) is 14.1. The average molecular weight is 465 g/mol.